The molecule has 1 aliphatic carbocycles. The Morgan fingerprint density at radius 1 is 1.24 bits per heavy atom. The molecule has 0 aromatic carbocycles. The summed E-state index contributed by atoms with van der Waals surface area (Å²) in [6, 6.07) is 1.73. The van der Waals surface area contributed by atoms with E-state index >= 15 is 0 Å². The maximum atomic E-state index is 12.4. The lowest BCUT2D eigenvalue weighted by atomic mass is 9.86. The molecule has 0 bridgehead atoms. The Morgan fingerprint density at radius 2 is 2.03 bits per heavy atom. The zero-order chi connectivity index (χ0) is 24.0. The summed E-state index contributed by atoms with van der Waals surface area (Å²) in [5.41, 5.74) is 1.47. The monoisotopic (exact) mass is 468 g/mol. The molecule has 0 spiro atoms. The van der Waals surface area contributed by atoms with Gasteiger partial charge in [0.1, 0.15) is 18.2 Å². The van der Waals surface area contributed by atoms with E-state index in [0.29, 0.717) is 30.4 Å². The van der Waals surface area contributed by atoms with E-state index in [1.54, 1.807) is 13.2 Å². The lowest BCUT2D eigenvalue weighted by molar-refractivity contribution is -0.176. The average Bonchev–Trinajstić information content (AvgIpc) is 2.72. The van der Waals surface area contributed by atoms with Crippen LogP contribution in [0.2, 0.25) is 0 Å². The summed E-state index contributed by atoms with van der Waals surface area (Å²) in [7, 11) is 1.65. The number of methoxy groups -OCH3 is 1. The minimum atomic E-state index is -4.39. The summed E-state index contributed by atoms with van der Waals surface area (Å²) in [5, 5.41) is 14.8. The van der Waals surface area contributed by atoms with Crippen molar-refractivity contribution < 1.29 is 22.6 Å². The van der Waals surface area contributed by atoms with Crippen molar-refractivity contribution in [1.82, 2.24) is 9.97 Å². The van der Waals surface area contributed by atoms with Gasteiger partial charge in [-0.05, 0) is 32.8 Å². The van der Waals surface area contributed by atoms with Crippen LogP contribution >= 0.6 is 0 Å². The minimum Gasteiger partial charge on any atom is -0.501 e. The van der Waals surface area contributed by atoms with Crippen molar-refractivity contribution in [3.8, 4) is 0 Å². The van der Waals surface area contributed by atoms with Crippen LogP contribution in [0.1, 0.15) is 39.3 Å². The lowest BCUT2D eigenvalue weighted by Gasteiger charge is -2.28. The molecule has 8 nitrogen and oxygen atoms in total. The number of azo groups is 1. The lowest BCUT2D eigenvalue weighted by Crippen LogP contribution is -2.26. The highest BCUT2D eigenvalue weighted by molar-refractivity contribution is 5.45. The second-order valence-electron chi connectivity index (χ2n) is 8.59. The minimum absolute atomic E-state index is 0.0897. The van der Waals surface area contributed by atoms with Gasteiger partial charge in [0, 0.05) is 24.4 Å². The fourth-order valence-corrected chi connectivity index (χ4v) is 3.85. The molecule has 0 saturated carbocycles. The molecule has 3 rings (SSSR count). The van der Waals surface area contributed by atoms with Crippen LogP contribution in [0.5, 0.6) is 0 Å². The molecule has 11 heteroatoms. The Kier molecular flexibility index (Phi) is 8.28. The number of nitrogens with zero attached hydrogens (tertiary/aromatic N) is 4. The molecule has 1 aliphatic heterocycles. The zero-order valence-corrected chi connectivity index (χ0v) is 19.3. The fourth-order valence-electron chi connectivity index (χ4n) is 3.85. The van der Waals surface area contributed by atoms with Crippen LogP contribution in [0.3, 0.4) is 0 Å². The molecule has 33 heavy (non-hydrogen) atoms. The number of halogens is 3. The van der Waals surface area contributed by atoms with E-state index in [1.807, 2.05) is 32.9 Å². The van der Waals surface area contributed by atoms with Crippen LogP contribution in [0.15, 0.2) is 39.8 Å². The molecule has 1 aromatic rings. The van der Waals surface area contributed by atoms with Gasteiger partial charge in [-0.25, -0.2) is 4.98 Å². The van der Waals surface area contributed by atoms with Crippen LogP contribution in [0.25, 0.3) is 0 Å². The number of hydrogen-bond donors (Lipinski definition) is 2. The standard InChI is InChI=1S/C22H31F3N6O2/c1-13(2)27-20-9-17(11-33-12-22(23,24)25)29-21(30-20)28-16-5-6-18(19(8-16)32-4)15-7-14(3)31-26-10-15/h5-6,9,13-16H,7-8,10-12H2,1-4H3,(H2,27,28,29,30). The van der Waals surface area contributed by atoms with Gasteiger partial charge in [-0.1, -0.05) is 12.2 Å². The molecule has 0 radical (unpaired) electrons. The molecular formula is C22H31F3N6O2. The van der Waals surface area contributed by atoms with Crippen molar-refractivity contribution in [2.24, 2.45) is 16.1 Å². The Labute approximate surface area is 191 Å². The smallest absolute Gasteiger partial charge is 0.411 e. The van der Waals surface area contributed by atoms with Gasteiger partial charge in [-0.15, -0.1) is 0 Å². The highest BCUT2D eigenvalue weighted by atomic mass is 19.4. The molecule has 182 valence electrons. The Hall–Kier alpha value is -2.69. The number of ether oxygens (including phenoxy) is 2. The fraction of sp³-hybridized carbons (Fsp3) is 0.636. The second kappa shape index (κ2) is 11.0. The van der Waals surface area contributed by atoms with Crippen LogP contribution in [0.4, 0.5) is 24.9 Å². The third-order valence-corrected chi connectivity index (χ3v) is 5.17. The number of anilines is 2. The van der Waals surface area contributed by atoms with Crippen molar-refractivity contribution in [1.29, 1.82) is 0 Å². The topological polar surface area (TPSA) is 93.0 Å². The Morgan fingerprint density at radius 3 is 2.70 bits per heavy atom. The van der Waals surface area contributed by atoms with Gasteiger partial charge in [0.2, 0.25) is 5.95 Å². The van der Waals surface area contributed by atoms with Gasteiger partial charge in [0.15, 0.2) is 0 Å². The molecule has 2 N–H and O–H groups in total. The number of rotatable bonds is 9. The number of alkyl halides is 3. The number of nitrogens with one attached hydrogen (secondary N) is 2. The van der Waals surface area contributed by atoms with E-state index in [1.165, 1.54) is 0 Å². The summed E-state index contributed by atoms with van der Waals surface area (Å²) >= 11 is 0. The summed E-state index contributed by atoms with van der Waals surface area (Å²) < 4.78 is 47.8. The van der Waals surface area contributed by atoms with Gasteiger partial charge in [0.25, 0.3) is 0 Å². The van der Waals surface area contributed by atoms with E-state index in [2.05, 4.69) is 30.8 Å². The van der Waals surface area contributed by atoms with E-state index < -0.39 is 12.8 Å². The van der Waals surface area contributed by atoms with Gasteiger partial charge in [-0.3, -0.25) is 0 Å². The predicted molar refractivity (Wildman–Crippen MR) is 119 cm³/mol. The number of allylic oxidation sites excluding steroid dienone is 1. The molecule has 0 fully saturated rings. The van der Waals surface area contributed by atoms with Crippen LogP contribution in [-0.4, -0.2) is 54.5 Å². The highest BCUT2D eigenvalue weighted by Gasteiger charge is 2.28. The molecule has 3 atom stereocenters. The third-order valence-electron chi connectivity index (χ3n) is 5.17. The maximum absolute atomic E-state index is 12.4. The first-order valence-corrected chi connectivity index (χ1v) is 11.0. The quantitative estimate of drug-likeness (QED) is 0.537. The normalized spacial score (nSPS) is 23.2. The Bertz CT molecular complexity index is 901. The first-order chi connectivity index (χ1) is 15.6. The largest absolute Gasteiger partial charge is 0.501 e. The van der Waals surface area contributed by atoms with E-state index in [9.17, 15) is 13.2 Å². The van der Waals surface area contributed by atoms with Gasteiger partial charge < -0.3 is 20.1 Å². The molecule has 0 saturated heterocycles. The first-order valence-electron chi connectivity index (χ1n) is 11.0. The predicted octanol–water partition coefficient (Wildman–Crippen LogP) is 4.88. The van der Waals surface area contributed by atoms with Crippen molar-refractivity contribution in [3.63, 3.8) is 0 Å². The van der Waals surface area contributed by atoms with E-state index in [4.69, 9.17) is 9.47 Å². The average molecular weight is 469 g/mol. The molecule has 1 aromatic heterocycles. The van der Waals surface area contributed by atoms with Crippen LogP contribution < -0.4 is 10.6 Å². The molecule has 2 aliphatic rings. The molecular weight excluding hydrogens is 437 g/mol. The summed E-state index contributed by atoms with van der Waals surface area (Å²) in [6.07, 6.45) is 1.19. The molecule has 2 heterocycles. The summed E-state index contributed by atoms with van der Waals surface area (Å²) in [4.78, 5) is 8.82. The van der Waals surface area contributed by atoms with Gasteiger partial charge >= 0.3 is 6.18 Å². The van der Waals surface area contributed by atoms with Gasteiger partial charge in [-0.2, -0.15) is 28.4 Å². The van der Waals surface area contributed by atoms with Gasteiger partial charge in [0.05, 0.1) is 38.0 Å². The second-order valence-corrected chi connectivity index (χ2v) is 8.59. The van der Waals surface area contributed by atoms with Crippen molar-refractivity contribution in [3.05, 3.63) is 35.2 Å². The first kappa shape index (κ1) is 24.9. The van der Waals surface area contributed by atoms with E-state index in [-0.39, 0.29) is 30.7 Å². The molecule has 0 amide bonds. The van der Waals surface area contributed by atoms with Crippen molar-refractivity contribution in [2.45, 2.75) is 64.5 Å². The molecule has 3 unspecified atom stereocenters. The van der Waals surface area contributed by atoms with Crippen LogP contribution in [0, 0.1) is 5.92 Å². The van der Waals surface area contributed by atoms with Crippen LogP contribution in [-0.2, 0) is 16.1 Å². The Balaban J connectivity index is 1.72. The van der Waals surface area contributed by atoms with Crippen molar-refractivity contribution >= 4 is 11.8 Å². The van der Waals surface area contributed by atoms with E-state index in [0.717, 1.165) is 17.8 Å². The zero-order valence-electron chi connectivity index (χ0n) is 19.3. The number of hydrogen-bond acceptors (Lipinski definition) is 8. The SMILES string of the molecule is COC1=C(C2CN=NC(C)C2)C=CC(Nc2nc(COCC(F)(F)F)cc(NC(C)C)n2)C1. The van der Waals surface area contributed by atoms with Crippen molar-refractivity contribution in [2.75, 3.05) is 30.9 Å². The summed E-state index contributed by atoms with van der Waals surface area (Å²) in [6.45, 7) is 4.98. The third kappa shape index (κ3) is 7.69. The number of aromatic nitrogens is 2. The maximum Gasteiger partial charge on any atom is 0.411 e. The highest BCUT2D eigenvalue weighted by Crippen LogP contribution is 2.32. The summed E-state index contributed by atoms with van der Waals surface area (Å²) in [5.74, 6) is 1.95.